The summed E-state index contributed by atoms with van der Waals surface area (Å²) < 4.78 is 57.4. The number of nitrogens with zero attached hydrogens (tertiary/aromatic N) is 2. The number of nitrogens with one attached hydrogen (secondary N) is 1. The zero-order chi connectivity index (χ0) is 21.3. The Hall–Kier alpha value is -2.55. The van der Waals surface area contributed by atoms with Crippen LogP contribution in [0.25, 0.3) is 0 Å². The summed E-state index contributed by atoms with van der Waals surface area (Å²) in [5, 5.41) is 0. The van der Waals surface area contributed by atoms with Gasteiger partial charge in [-0.15, -0.1) is 0 Å². The quantitative estimate of drug-likeness (QED) is 0.651. The smallest absolute Gasteiger partial charge is 0.243 e. The van der Waals surface area contributed by atoms with Crippen LogP contribution >= 0.6 is 0 Å². The summed E-state index contributed by atoms with van der Waals surface area (Å²) in [6, 6.07) is 14.2. The van der Waals surface area contributed by atoms with Gasteiger partial charge in [-0.1, -0.05) is 24.3 Å². The lowest BCUT2D eigenvalue weighted by molar-refractivity contribution is 0.174. The van der Waals surface area contributed by atoms with Crippen molar-refractivity contribution in [2.45, 2.75) is 23.9 Å². The summed E-state index contributed by atoms with van der Waals surface area (Å²) in [5.74, 6) is -1.78. The molecule has 0 fully saturated rings. The van der Waals surface area contributed by atoms with Crippen LogP contribution in [0.2, 0.25) is 0 Å². The van der Waals surface area contributed by atoms with E-state index >= 15 is 0 Å². The lowest BCUT2D eigenvalue weighted by Gasteiger charge is -2.36. The Morgan fingerprint density at radius 2 is 1.83 bits per heavy atom. The van der Waals surface area contributed by atoms with E-state index in [0.717, 1.165) is 30.8 Å². The van der Waals surface area contributed by atoms with Gasteiger partial charge in [0.15, 0.2) is 0 Å². The molecule has 2 heterocycles. The normalized spacial score (nSPS) is 15.7. The van der Waals surface area contributed by atoms with E-state index in [2.05, 4.69) is 21.8 Å². The SMILES string of the molecule is Cn1cccc1C(CNS(=O)(=O)c1cc(F)ccc1F)N1CCc2ccccc2C1. The molecule has 8 heteroatoms. The lowest BCUT2D eigenvalue weighted by atomic mass is 9.98. The van der Waals surface area contributed by atoms with Crippen LogP contribution in [0.1, 0.15) is 22.9 Å². The number of hydrogen-bond donors (Lipinski definition) is 1. The standard InChI is InChI=1S/C22H23F2N3O2S/c1-26-11-4-7-20(26)21(27-12-10-16-5-2-3-6-17(16)15-27)14-25-30(28,29)22-13-18(23)8-9-19(22)24/h2-9,11,13,21,25H,10,12,14-15H2,1H3. The van der Waals surface area contributed by atoms with Crippen molar-refractivity contribution in [3.8, 4) is 0 Å². The Morgan fingerprint density at radius 3 is 2.57 bits per heavy atom. The van der Waals surface area contributed by atoms with Gasteiger partial charge < -0.3 is 4.57 Å². The second-order valence-corrected chi connectivity index (χ2v) is 9.21. The molecule has 3 aromatic rings. The Labute approximate surface area is 175 Å². The molecular weight excluding hydrogens is 408 g/mol. The fourth-order valence-corrected chi connectivity index (χ4v) is 5.10. The Kier molecular flexibility index (Phi) is 5.73. The van der Waals surface area contributed by atoms with Crippen LogP contribution in [-0.4, -0.2) is 31.0 Å². The van der Waals surface area contributed by atoms with Crippen LogP contribution in [0.3, 0.4) is 0 Å². The zero-order valence-electron chi connectivity index (χ0n) is 16.6. The highest BCUT2D eigenvalue weighted by Gasteiger charge is 2.29. The van der Waals surface area contributed by atoms with Crippen LogP contribution in [0.15, 0.2) is 65.7 Å². The van der Waals surface area contributed by atoms with Gasteiger partial charge in [0.05, 0.1) is 6.04 Å². The molecule has 0 saturated carbocycles. The highest BCUT2D eigenvalue weighted by atomic mass is 32.2. The molecule has 0 amide bonds. The van der Waals surface area contributed by atoms with Gasteiger partial charge >= 0.3 is 0 Å². The topological polar surface area (TPSA) is 54.3 Å². The summed E-state index contributed by atoms with van der Waals surface area (Å²) in [7, 11) is -2.31. The molecule has 30 heavy (non-hydrogen) atoms. The molecule has 0 saturated heterocycles. The van der Waals surface area contributed by atoms with Crippen LogP contribution in [0.4, 0.5) is 8.78 Å². The lowest BCUT2D eigenvalue weighted by Crippen LogP contribution is -2.41. The average molecular weight is 432 g/mol. The van der Waals surface area contributed by atoms with E-state index in [1.165, 1.54) is 11.1 Å². The summed E-state index contributed by atoms with van der Waals surface area (Å²) in [4.78, 5) is 1.53. The first-order valence-corrected chi connectivity index (χ1v) is 11.2. The fraction of sp³-hybridized carbons (Fsp3) is 0.273. The van der Waals surface area contributed by atoms with Crippen molar-refractivity contribution in [3.63, 3.8) is 0 Å². The molecule has 1 aliphatic rings. The second kappa shape index (κ2) is 8.29. The Balaban J connectivity index is 1.60. The molecule has 5 nitrogen and oxygen atoms in total. The van der Waals surface area contributed by atoms with Crippen LogP contribution < -0.4 is 4.72 Å². The van der Waals surface area contributed by atoms with Crippen LogP contribution in [0.5, 0.6) is 0 Å². The highest BCUT2D eigenvalue weighted by molar-refractivity contribution is 7.89. The second-order valence-electron chi connectivity index (χ2n) is 7.48. The van der Waals surface area contributed by atoms with Crippen molar-refractivity contribution in [2.24, 2.45) is 7.05 Å². The van der Waals surface area contributed by atoms with Gasteiger partial charge in [0.25, 0.3) is 0 Å². The first-order chi connectivity index (χ1) is 14.3. The molecule has 0 radical (unpaired) electrons. The molecule has 1 aromatic heterocycles. The van der Waals surface area contributed by atoms with E-state index < -0.39 is 26.6 Å². The molecular formula is C22H23F2N3O2S. The number of benzene rings is 2. The van der Waals surface area contributed by atoms with Crippen molar-refractivity contribution in [1.29, 1.82) is 0 Å². The van der Waals surface area contributed by atoms with E-state index in [1.54, 1.807) is 0 Å². The molecule has 1 atom stereocenters. The molecule has 158 valence electrons. The van der Waals surface area contributed by atoms with E-state index in [1.807, 2.05) is 42.1 Å². The molecule has 0 spiro atoms. The number of rotatable bonds is 6. The van der Waals surface area contributed by atoms with Gasteiger partial charge in [0.1, 0.15) is 16.5 Å². The maximum Gasteiger partial charge on any atom is 0.243 e. The van der Waals surface area contributed by atoms with Crippen LogP contribution in [0, 0.1) is 11.6 Å². The number of aryl methyl sites for hydroxylation is 1. The van der Waals surface area contributed by atoms with E-state index in [4.69, 9.17) is 0 Å². The molecule has 4 rings (SSSR count). The summed E-state index contributed by atoms with van der Waals surface area (Å²) in [5.41, 5.74) is 3.44. The first kappa shape index (κ1) is 20.7. The molecule has 1 N–H and O–H groups in total. The number of sulfonamides is 1. The first-order valence-electron chi connectivity index (χ1n) is 9.72. The maximum absolute atomic E-state index is 14.0. The van der Waals surface area contributed by atoms with Crippen molar-refractivity contribution in [3.05, 3.63) is 89.2 Å². The fourth-order valence-electron chi connectivity index (χ4n) is 3.97. The minimum Gasteiger partial charge on any atom is -0.353 e. The Morgan fingerprint density at radius 1 is 1.07 bits per heavy atom. The van der Waals surface area contributed by atoms with Gasteiger partial charge in [-0.2, -0.15) is 0 Å². The van der Waals surface area contributed by atoms with E-state index in [9.17, 15) is 17.2 Å². The van der Waals surface area contributed by atoms with Crippen LogP contribution in [-0.2, 0) is 30.0 Å². The van der Waals surface area contributed by atoms with Gasteiger partial charge in [-0.05, 0) is 47.9 Å². The Bertz CT molecular complexity index is 1160. The minimum atomic E-state index is -4.21. The van der Waals surface area contributed by atoms with Crippen molar-refractivity contribution >= 4 is 10.0 Å². The third-order valence-electron chi connectivity index (χ3n) is 5.58. The minimum absolute atomic E-state index is 0.0400. The highest BCUT2D eigenvalue weighted by Crippen LogP contribution is 2.28. The third-order valence-corrected chi connectivity index (χ3v) is 7.01. The summed E-state index contributed by atoms with van der Waals surface area (Å²) >= 11 is 0. The van der Waals surface area contributed by atoms with Crippen molar-refractivity contribution in [2.75, 3.05) is 13.1 Å². The molecule has 1 aliphatic heterocycles. The summed E-state index contributed by atoms with van der Waals surface area (Å²) in [6.45, 7) is 1.49. The van der Waals surface area contributed by atoms with E-state index in [-0.39, 0.29) is 12.6 Å². The predicted octanol–water partition coefficient (Wildman–Crippen LogP) is 3.38. The number of fused-ring (bicyclic) bond motifs is 1. The number of hydrogen-bond acceptors (Lipinski definition) is 3. The third kappa shape index (κ3) is 4.16. The van der Waals surface area contributed by atoms with Gasteiger partial charge in [-0.25, -0.2) is 21.9 Å². The predicted molar refractivity (Wildman–Crippen MR) is 110 cm³/mol. The van der Waals surface area contributed by atoms with Crippen molar-refractivity contribution in [1.82, 2.24) is 14.2 Å². The van der Waals surface area contributed by atoms with E-state index in [0.29, 0.717) is 12.6 Å². The summed E-state index contributed by atoms with van der Waals surface area (Å²) in [6.07, 6.45) is 2.77. The molecule has 0 aliphatic carbocycles. The maximum atomic E-state index is 14.0. The van der Waals surface area contributed by atoms with Gasteiger partial charge in [0, 0.05) is 38.6 Å². The molecule has 0 bridgehead atoms. The zero-order valence-corrected chi connectivity index (χ0v) is 17.4. The van der Waals surface area contributed by atoms with Crippen molar-refractivity contribution < 1.29 is 17.2 Å². The number of halogens is 2. The molecule has 2 aromatic carbocycles. The van der Waals surface area contributed by atoms with Gasteiger partial charge in [0.2, 0.25) is 10.0 Å². The molecule has 1 unspecified atom stereocenters. The average Bonchev–Trinajstić information content (AvgIpc) is 3.15. The van der Waals surface area contributed by atoms with Gasteiger partial charge in [-0.3, -0.25) is 4.90 Å². The largest absolute Gasteiger partial charge is 0.353 e. The monoisotopic (exact) mass is 431 g/mol. The number of aromatic nitrogens is 1.